The maximum absolute atomic E-state index is 11.8. The first-order chi connectivity index (χ1) is 13.0. The highest BCUT2D eigenvalue weighted by atomic mass is 35.5. The standard InChI is InChI=1S/C20H19ClN2O2S2/c1-3-15(12-7-5-4-6-8-12)23-20(26)22-13-9-10-14-16(11-13)27-18(17(14)21)19(24)25-2/h4-11,15H,3H2,1-2H3,(H2,22,23,26). The van der Waals surface area contributed by atoms with Crippen molar-refractivity contribution >= 4 is 62.0 Å². The number of halogens is 1. The predicted molar refractivity (Wildman–Crippen MR) is 117 cm³/mol. The van der Waals surface area contributed by atoms with Gasteiger partial charge in [-0.2, -0.15) is 0 Å². The van der Waals surface area contributed by atoms with Gasteiger partial charge in [0.15, 0.2) is 5.11 Å². The van der Waals surface area contributed by atoms with Crippen LogP contribution in [0.5, 0.6) is 0 Å². The van der Waals surface area contributed by atoms with Crippen molar-refractivity contribution in [3.63, 3.8) is 0 Å². The molecule has 27 heavy (non-hydrogen) atoms. The Morgan fingerprint density at radius 1 is 1.26 bits per heavy atom. The molecular formula is C20H19ClN2O2S2. The van der Waals surface area contributed by atoms with Crippen LogP contribution in [0.1, 0.15) is 34.6 Å². The number of anilines is 1. The number of rotatable bonds is 5. The van der Waals surface area contributed by atoms with Gasteiger partial charge in [-0.25, -0.2) is 4.79 Å². The average molecular weight is 419 g/mol. The molecule has 2 N–H and O–H groups in total. The molecule has 2 aromatic carbocycles. The highest BCUT2D eigenvalue weighted by molar-refractivity contribution is 7.80. The van der Waals surface area contributed by atoms with Crippen LogP contribution in [-0.4, -0.2) is 18.2 Å². The minimum absolute atomic E-state index is 0.136. The van der Waals surface area contributed by atoms with Crippen LogP contribution in [0.25, 0.3) is 10.1 Å². The van der Waals surface area contributed by atoms with Crippen LogP contribution in [0.3, 0.4) is 0 Å². The van der Waals surface area contributed by atoms with Crippen LogP contribution in [0.15, 0.2) is 48.5 Å². The molecular weight excluding hydrogens is 400 g/mol. The molecule has 0 aliphatic carbocycles. The number of hydrogen-bond acceptors (Lipinski definition) is 4. The van der Waals surface area contributed by atoms with Gasteiger partial charge in [-0.05, 0) is 42.4 Å². The van der Waals surface area contributed by atoms with E-state index < -0.39 is 5.97 Å². The lowest BCUT2D eigenvalue weighted by molar-refractivity contribution is 0.0606. The van der Waals surface area contributed by atoms with E-state index in [2.05, 4.69) is 29.7 Å². The van der Waals surface area contributed by atoms with Crippen molar-refractivity contribution in [3.05, 3.63) is 64.0 Å². The Labute approximate surface area is 172 Å². The zero-order valence-electron chi connectivity index (χ0n) is 14.9. The maximum atomic E-state index is 11.8. The molecule has 0 bridgehead atoms. The molecule has 4 nitrogen and oxygen atoms in total. The molecule has 0 saturated carbocycles. The van der Waals surface area contributed by atoms with Gasteiger partial charge in [0.1, 0.15) is 4.88 Å². The van der Waals surface area contributed by atoms with Gasteiger partial charge in [0, 0.05) is 15.8 Å². The van der Waals surface area contributed by atoms with Crippen molar-refractivity contribution in [2.75, 3.05) is 12.4 Å². The van der Waals surface area contributed by atoms with Gasteiger partial charge >= 0.3 is 5.97 Å². The van der Waals surface area contributed by atoms with Crippen LogP contribution >= 0.6 is 35.2 Å². The van der Waals surface area contributed by atoms with E-state index in [0.29, 0.717) is 15.0 Å². The third kappa shape index (κ3) is 4.40. The quantitative estimate of drug-likeness (QED) is 0.406. The molecule has 3 rings (SSSR count). The third-order valence-corrected chi connectivity index (χ3v) is 6.03. The zero-order valence-corrected chi connectivity index (χ0v) is 17.3. The Morgan fingerprint density at radius 2 is 2.00 bits per heavy atom. The number of thiophene rings is 1. The second kappa shape index (κ2) is 8.69. The molecule has 0 amide bonds. The number of fused-ring (bicyclic) bond motifs is 1. The van der Waals surface area contributed by atoms with E-state index in [1.165, 1.54) is 24.0 Å². The first-order valence-corrected chi connectivity index (χ1v) is 10.1. The fourth-order valence-electron chi connectivity index (χ4n) is 2.80. The molecule has 0 saturated heterocycles. The Kier molecular flexibility index (Phi) is 6.31. The number of carbonyl (C=O) groups is 1. The van der Waals surface area contributed by atoms with E-state index in [9.17, 15) is 4.79 Å². The summed E-state index contributed by atoms with van der Waals surface area (Å²) >= 11 is 13.1. The topological polar surface area (TPSA) is 50.4 Å². The number of hydrogen-bond donors (Lipinski definition) is 2. The van der Waals surface area contributed by atoms with Gasteiger partial charge in [-0.3, -0.25) is 0 Å². The van der Waals surface area contributed by atoms with Gasteiger partial charge in [0.25, 0.3) is 0 Å². The van der Waals surface area contributed by atoms with Gasteiger partial charge in [-0.15, -0.1) is 11.3 Å². The van der Waals surface area contributed by atoms with Crippen molar-refractivity contribution in [3.8, 4) is 0 Å². The van der Waals surface area contributed by atoms with Crippen LogP contribution in [0.2, 0.25) is 5.02 Å². The summed E-state index contributed by atoms with van der Waals surface area (Å²) in [5, 5.41) is 8.34. The number of ether oxygens (including phenoxy) is 1. The lowest BCUT2D eigenvalue weighted by Gasteiger charge is -2.20. The van der Waals surface area contributed by atoms with Crippen LogP contribution in [0.4, 0.5) is 5.69 Å². The molecule has 0 radical (unpaired) electrons. The van der Waals surface area contributed by atoms with Crippen molar-refractivity contribution in [1.82, 2.24) is 5.32 Å². The summed E-state index contributed by atoms with van der Waals surface area (Å²) in [6.45, 7) is 2.11. The van der Waals surface area contributed by atoms with Gasteiger partial charge in [0.2, 0.25) is 0 Å². The Morgan fingerprint density at radius 3 is 2.67 bits per heavy atom. The lowest BCUT2D eigenvalue weighted by Crippen LogP contribution is -2.32. The van der Waals surface area contributed by atoms with Crippen LogP contribution < -0.4 is 10.6 Å². The van der Waals surface area contributed by atoms with Crippen molar-refractivity contribution in [2.24, 2.45) is 0 Å². The summed E-state index contributed by atoms with van der Waals surface area (Å²) in [6, 6.07) is 16.0. The van der Waals surface area contributed by atoms with Crippen molar-refractivity contribution in [2.45, 2.75) is 19.4 Å². The van der Waals surface area contributed by atoms with E-state index >= 15 is 0 Å². The van der Waals surface area contributed by atoms with E-state index in [1.807, 2.05) is 36.4 Å². The third-order valence-electron chi connectivity index (χ3n) is 4.17. The molecule has 1 aromatic heterocycles. The summed E-state index contributed by atoms with van der Waals surface area (Å²) < 4.78 is 5.67. The second-order valence-corrected chi connectivity index (χ2v) is 7.76. The molecule has 0 aliphatic rings. The minimum atomic E-state index is -0.429. The number of thiocarbonyl (C=S) groups is 1. The summed E-state index contributed by atoms with van der Waals surface area (Å²) in [5.74, 6) is -0.429. The summed E-state index contributed by atoms with van der Waals surface area (Å²) in [6.07, 6.45) is 0.911. The summed E-state index contributed by atoms with van der Waals surface area (Å²) in [7, 11) is 1.34. The van der Waals surface area contributed by atoms with E-state index in [0.717, 1.165) is 22.2 Å². The summed E-state index contributed by atoms with van der Waals surface area (Å²) in [4.78, 5) is 12.2. The van der Waals surface area contributed by atoms with Gasteiger partial charge in [-0.1, -0.05) is 48.9 Å². The minimum Gasteiger partial charge on any atom is -0.465 e. The largest absolute Gasteiger partial charge is 0.465 e. The smallest absolute Gasteiger partial charge is 0.349 e. The van der Waals surface area contributed by atoms with E-state index in [1.54, 1.807) is 0 Å². The average Bonchev–Trinajstić information content (AvgIpc) is 3.02. The number of esters is 1. The predicted octanol–water partition coefficient (Wildman–Crippen LogP) is 5.78. The molecule has 0 spiro atoms. The fraction of sp³-hybridized carbons (Fsp3) is 0.200. The molecule has 0 aliphatic heterocycles. The fourth-order valence-corrected chi connectivity index (χ4v) is 4.52. The van der Waals surface area contributed by atoms with Gasteiger partial charge in [0.05, 0.1) is 18.2 Å². The highest BCUT2D eigenvalue weighted by Crippen LogP contribution is 2.37. The zero-order chi connectivity index (χ0) is 19.4. The molecule has 1 heterocycles. The monoisotopic (exact) mass is 418 g/mol. The Hall–Kier alpha value is -2.15. The van der Waals surface area contributed by atoms with Crippen molar-refractivity contribution < 1.29 is 9.53 Å². The molecule has 0 fully saturated rings. The molecule has 140 valence electrons. The lowest BCUT2D eigenvalue weighted by atomic mass is 10.1. The summed E-state index contributed by atoms with van der Waals surface area (Å²) in [5.41, 5.74) is 2.02. The maximum Gasteiger partial charge on any atom is 0.349 e. The van der Waals surface area contributed by atoms with Crippen molar-refractivity contribution in [1.29, 1.82) is 0 Å². The van der Waals surface area contributed by atoms with Crippen LogP contribution in [0, 0.1) is 0 Å². The number of methoxy groups -OCH3 is 1. The normalized spacial score (nSPS) is 11.8. The number of benzene rings is 2. The molecule has 1 atom stereocenters. The molecule has 1 unspecified atom stereocenters. The van der Waals surface area contributed by atoms with E-state index in [4.69, 9.17) is 28.6 Å². The Balaban J connectivity index is 1.76. The molecule has 3 aromatic rings. The van der Waals surface area contributed by atoms with E-state index in [-0.39, 0.29) is 6.04 Å². The van der Waals surface area contributed by atoms with Gasteiger partial charge < -0.3 is 15.4 Å². The number of carbonyl (C=O) groups excluding carboxylic acids is 1. The first-order valence-electron chi connectivity index (χ1n) is 8.46. The number of nitrogens with one attached hydrogen (secondary N) is 2. The second-order valence-electron chi connectivity index (χ2n) is 5.92. The molecule has 7 heteroatoms. The highest BCUT2D eigenvalue weighted by Gasteiger charge is 2.18. The Bertz CT molecular complexity index is 973. The first kappa shape index (κ1) is 19.6. The van der Waals surface area contributed by atoms with Crippen LogP contribution in [-0.2, 0) is 4.74 Å². The SMILES string of the molecule is CCC(NC(=S)Nc1ccc2c(Cl)c(C(=O)OC)sc2c1)c1ccccc1.